The molecule has 1 aliphatic heterocycles. The van der Waals surface area contributed by atoms with Crippen LogP contribution in [0.1, 0.15) is 33.1 Å². The molecule has 3 aliphatic carbocycles. The molecule has 2 fully saturated rings. The Morgan fingerprint density at radius 3 is 1.83 bits per heavy atom. The van der Waals surface area contributed by atoms with Crippen molar-refractivity contribution in [2.24, 2.45) is 35.5 Å². The van der Waals surface area contributed by atoms with E-state index in [9.17, 15) is 9.59 Å². The second-order valence-corrected chi connectivity index (χ2v) is 8.09. The number of fused-ring (bicyclic) bond motifs is 5. The maximum Gasteiger partial charge on any atom is 0.238 e. The molecule has 24 heavy (non-hydrogen) atoms. The number of benzene rings is 1. The first-order chi connectivity index (χ1) is 11.6. The molecular weight excluding hydrogens is 298 g/mol. The molecule has 0 radical (unpaired) electrons. The van der Waals surface area contributed by atoms with Crippen LogP contribution in [-0.2, 0) is 9.59 Å². The zero-order chi connectivity index (χ0) is 16.6. The maximum absolute atomic E-state index is 13.2. The van der Waals surface area contributed by atoms with Crippen molar-refractivity contribution in [3.8, 4) is 0 Å². The van der Waals surface area contributed by atoms with Gasteiger partial charge in [-0.25, -0.2) is 0 Å². The van der Waals surface area contributed by atoms with Gasteiger partial charge in [0.05, 0.1) is 17.5 Å². The molecule has 1 saturated heterocycles. The highest BCUT2D eigenvalue weighted by molar-refractivity contribution is 6.22. The average molecular weight is 321 g/mol. The fourth-order valence-corrected chi connectivity index (χ4v) is 6.27. The van der Waals surface area contributed by atoms with Crippen LogP contribution >= 0.6 is 0 Å². The Bertz CT molecular complexity index is 721. The minimum atomic E-state index is -0.161. The first kappa shape index (κ1) is 14.4. The SMILES string of the molecule is C[C@@H]1C2=C([C@@H]3CC[C@@H]2C3)[C@@H](C)[C@H]2C(=O)N(c3ccccc3)C(=O)[C@@H]21. The van der Waals surface area contributed by atoms with Gasteiger partial charge in [-0.1, -0.05) is 43.2 Å². The Kier molecular flexibility index (Phi) is 2.89. The molecular formula is C21H23NO2. The Balaban J connectivity index is 1.60. The van der Waals surface area contributed by atoms with Gasteiger partial charge in [-0.3, -0.25) is 14.5 Å². The number of imide groups is 1. The van der Waals surface area contributed by atoms with Crippen molar-refractivity contribution in [1.29, 1.82) is 0 Å². The summed E-state index contributed by atoms with van der Waals surface area (Å²) in [4.78, 5) is 27.8. The van der Waals surface area contributed by atoms with Crippen molar-refractivity contribution in [1.82, 2.24) is 0 Å². The molecule has 0 spiro atoms. The van der Waals surface area contributed by atoms with Crippen LogP contribution in [0.2, 0.25) is 0 Å². The third-order valence-corrected chi connectivity index (χ3v) is 7.12. The van der Waals surface area contributed by atoms with Crippen LogP contribution in [0.4, 0.5) is 5.69 Å². The molecule has 1 heterocycles. The molecule has 3 heteroatoms. The third-order valence-electron chi connectivity index (χ3n) is 7.12. The fourth-order valence-electron chi connectivity index (χ4n) is 6.27. The van der Waals surface area contributed by atoms with E-state index in [0.29, 0.717) is 11.8 Å². The first-order valence-corrected chi connectivity index (χ1v) is 9.26. The van der Waals surface area contributed by atoms with E-state index >= 15 is 0 Å². The van der Waals surface area contributed by atoms with Gasteiger partial charge in [-0.15, -0.1) is 0 Å². The van der Waals surface area contributed by atoms with Crippen molar-refractivity contribution in [3.05, 3.63) is 41.5 Å². The lowest BCUT2D eigenvalue weighted by Gasteiger charge is -2.39. The molecule has 2 bridgehead atoms. The normalized spacial score (nSPS) is 40.3. The second kappa shape index (κ2) is 4.81. The van der Waals surface area contributed by atoms with Crippen molar-refractivity contribution in [2.45, 2.75) is 33.1 Å². The third kappa shape index (κ3) is 1.63. The van der Waals surface area contributed by atoms with Gasteiger partial charge in [0.15, 0.2) is 0 Å². The summed E-state index contributed by atoms with van der Waals surface area (Å²) in [6.07, 6.45) is 3.83. The van der Waals surface area contributed by atoms with Gasteiger partial charge in [-0.2, -0.15) is 0 Å². The molecule has 6 atom stereocenters. The number of hydrogen-bond acceptors (Lipinski definition) is 2. The highest BCUT2D eigenvalue weighted by atomic mass is 16.2. The molecule has 0 unspecified atom stereocenters. The molecule has 5 rings (SSSR count). The number of anilines is 1. The summed E-state index contributed by atoms with van der Waals surface area (Å²) in [7, 11) is 0. The minimum Gasteiger partial charge on any atom is -0.274 e. The zero-order valence-electron chi connectivity index (χ0n) is 14.2. The van der Waals surface area contributed by atoms with E-state index in [2.05, 4.69) is 13.8 Å². The molecule has 1 aromatic carbocycles. The van der Waals surface area contributed by atoms with E-state index in [1.165, 1.54) is 24.2 Å². The van der Waals surface area contributed by atoms with Crippen molar-refractivity contribution >= 4 is 17.5 Å². The summed E-state index contributed by atoms with van der Waals surface area (Å²) >= 11 is 0. The minimum absolute atomic E-state index is 0.0184. The van der Waals surface area contributed by atoms with E-state index in [-0.39, 0.29) is 35.5 Å². The number of rotatable bonds is 1. The van der Waals surface area contributed by atoms with Gasteiger partial charge >= 0.3 is 0 Å². The largest absolute Gasteiger partial charge is 0.274 e. The Hall–Kier alpha value is -1.90. The van der Waals surface area contributed by atoms with E-state index in [1.54, 1.807) is 11.1 Å². The smallest absolute Gasteiger partial charge is 0.238 e. The van der Waals surface area contributed by atoms with Crippen LogP contribution < -0.4 is 4.90 Å². The molecule has 1 aromatic rings. The molecule has 4 aliphatic rings. The van der Waals surface area contributed by atoms with Gasteiger partial charge in [-0.05, 0) is 55.1 Å². The first-order valence-electron chi connectivity index (χ1n) is 9.26. The predicted molar refractivity (Wildman–Crippen MR) is 92.1 cm³/mol. The number of carbonyl (C=O) groups is 2. The van der Waals surface area contributed by atoms with Crippen LogP contribution in [0.5, 0.6) is 0 Å². The summed E-state index contributed by atoms with van der Waals surface area (Å²) in [6, 6.07) is 9.44. The lowest BCUT2D eigenvalue weighted by molar-refractivity contribution is -0.122. The van der Waals surface area contributed by atoms with Gasteiger partial charge < -0.3 is 0 Å². The molecule has 3 nitrogen and oxygen atoms in total. The highest BCUT2D eigenvalue weighted by Crippen LogP contribution is 2.61. The zero-order valence-corrected chi connectivity index (χ0v) is 14.2. The molecule has 1 saturated carbocycles. The molecule has 0 aromatic heterocycles. The Morgan fingerprint density at radius 2 is 1.33 bits per heavy atom. The maximum atomic E-state index is 13.2. The van der Waals surface area contributed by atoms with E-state index in [4.69, 9.17) is 0 Å². The quantitative estimate of drug-likeness (QED) is 0.583. The summed E-state index contributed by atoms with van der Waals surface area (Å²) < 4.78 is 0. The second-order valence-electron chi connectivity index (χ2n) is 8.09. The molecule has 2 amide bonds. The Morgan fingerprint density at radius 1 is 0.833 bits per heavy atom. The lowest BCUT2D eigenvalue weighted by atomic mass is 9.62. The van der Waals surface area contributed by atoms with Crippen molar-refractivity contribution in [3.63, 3.8) is 0 Å². The van der Waals surface area contributed by atoms with Gasteiger partial charge in [0.2, 0.25) is 11.8 Å². The predicted octanol–water partition coefficient (Wildman–Crippen LogP) is 3.80. The van der Waals surface area contributed by atoms with Crippen LogP contribution in [0.3, 0.4) is 0 Å². The average Bonchev–Trinajstić information content (AvgIpc) is 3.26. The fraction of sp³-hybridized carbons (Fsp3) is 0.524. The van der Waals surface area contributed by atoms with Crippen LogP contribution in [0.15, 0.2) is 41.5 Å². The van der Waals surface area contributed by atoms with Gasteiger partial charge in [0, 0.05) is 0 Å². The number of carbonyl (C=O) groups excluding carboxylic acids is 2. The molecule has 124 valence electrons. The molecule has 0 N–H and O–H groups in total. The topological polar surface area (TPSA) is 37.4 Å². The standard InChI is InChI=1S/C21H23NO2/c1-11-16-13-8-9-14(10-13)17(16)12(2)19-18(11)20(23)22(21(19)24)15-6-4-3-5-7-15/h3-7,11-14,18-19H,8-10H2,1-2H3/t11-,12-,13-,14-,18-,19-/m1/s1. The van der Waals surface area contributed by atoms with Crippen molar-refractivity contribution < 1.29 is 9.59 Å². The summed E-state index contributed by atoms with van der Waals surface area (Å²) in [6.45, 7) is 4.39. The van der Waals surface area contributed by atoms with E-state index < -0.39 is 0 Å². The summed E-state index contributed by atoms with van der Waals surface area (Å²) in [5.41, 5.74) is 3.83. The number of amides is 2. The number of allylic oxidation sites excluding steroid dienone is 2. The van der Waals surface area contributed by atoms with Crippen LogP contribution in [0.25, 0.3) is 0 Å². The van der Waals surface area contributed by atoms with Gasteiger partial charge in [0.1, 0.15) is 0 Å². The highest BCUT2D eigenvalue weighted by Gasteiger charge is 2.59. The van der Waals surface area contributed by atoms with E-state index in [0.717, 1.165) is 5.69 Å². The van der Waals surface area contributed by atoms with E-state index in [1.807, 2.05) is 30.3 Å². The van der Waals surface area contributed by atoms with Crippen LogP contribution in [0, 0.1) is 35.5 Å². The van der Waals surface area contributed by atoms with Gasteiger partial charge in [0.25, 0.3) is 0 Å². The number of nitrogens with zero attached hydrogens (tertiary/aromatic N) is 1. The number of hydrogen-bond donors (Lipinski definition) is 0. The van der Waals surface area contributed by atoms with Crippen LogP contribution in [-0.4, -0.2) is 11.8 Å². The monoisotopic (exact) mass is 321 g/mol. The number of para-hydroxylation sites is 1. The summed E-state index contributed by atoms with van der Waals surface area (Å²) in [5, 5.41) is 0. The Labute approximate surface area is 142 Å². The summed E-state index contributed by atoms with van der Waals surface area (Å²) in [5.74, 6) is 1.52. The van der Waals surface area contributed by atoms with Crippen molar-refractivity contribution in [2.75, 3.05) is 4.90 Å². The lowest BCUT2D eigenvalue weighted by Crippen LogP contribution is -2.38.